The van der Waals surface area contributed by atoms with E-state index in [1.165, 1.54) is 69.4 Å². The summed E-state index contributed by atoms with van der Waals surface area (Å²) in [7, 11) is 0. The summed E-state index contributed by atoms with van der Waals surface area (Å²) in [6, 6.07) is 84.3. The Kier molecular flexibility index (Phi) is 8.39. The van der Waals surface area contributed by atoms with E-state index in [1.54, 1.807) is 0 Å². The second-order valence-electron chi connectivity index (χ2n) is 15.7. The standard InChI is InChI=1S/C58H38N2S/c1-2-16-40(17-3-1)46-36-33-44(43-30-29-39-15-4-5-18-42(39)37-43)38-56(46)59(45-34-31-41(32-35-45)47-22-14-23-51-50-21-8-13-28-57(50)61-58(47)51)54-26-11-12-27-55(54)60-52-24-9-6-19-48(52)49-20-7-10-25-53(49)60/h1-38H. The highest BCUT2D eigenvalue weighted by Gasteiger charge is 2.24. The average molecular weight is 795 g/mol. The van der Waals surface area contributed by atoms with E-state index in [0.717, 1.165) is 39.4 Å². The molecular weight excluding hydrogens is 757 g/mol. The predicted molar refractivity (Wildman–Crippen MR) is 262 cm³/mol. The van der Waals surface area contributed by atoms with Crippen molar-refractivity contribution in [1.29, 1.82) is 0 Å². The molecular formula is C58H38N2S. The summed E-state index contributed by atoms with van der Waals surface area (Å²) in [5.74, 6) is 0. The summed E-state index contributed by atoms with van der Waals surface area (Å²) in [5.41, 5.74) is 13.8. The molecule has 12 rings (SSSR count). The first-order chi connectivity index (χ1) is 30.3. The summed E-state index contributed by atoms with van der Waals surface area (Å²) in [4.78, 5) is 2.48. The first kappa shape index (κ1) is 35.2. The van der Waals surface area contributed by atoms with Gasteiger partial charge in [-0.3, -0.25) is 0 Å². The van der Waals surface area contributed by atoms with E-state index in [4.69, 9.17) is 0 Å². The van der Waals surface area contributed by atoms with Crippen LogP contribution in [0, 0.1) is 0 Å². The van der Waals surface area contributed by atoms with E-state index in [2.05, 4.69) is 240 Å². The summed E-state index contributed by atoms with van der Waals surface area (Å²) in [5, 5.41) is 7.56. The molecule has 0 aliphatic rings. The van der Waals surface area contributed by atoms with Crippen molar-refractivity contribution in [3.05, 3.63) is 231 Å². The lowest BCUT2D eigenvalue weighted by Crippen LogP contribution is -2.14. The van der Waals surface area contributed by atoms with Crippen molar-refractivity contribution in [2.45, 2.75) is 0 Å². The second-order valence-corrected chi connectivity index (χ2v) is 16.7. The van der Waals surface area contributed by atoms with Crippen molar-refractivity contribution in [3.63, 3.8) is 0 Å². The van der Waals surface area contributed by atoms with Crippen molar-refractivity contribution in [2.75, 3.05) is 4.90 Å². The fourth-order valence-electron chi connectivity index (χ4n) is 9.32. The van der Waals surface area contributed by atoms with Gasteiger partial charge in [0.05, 0.1) is 28.1 Å². The molecule has 286 valence electrons. The molecule has 0 spiro atoms. The summed E-state index contributed by atoms with van der Waals surface area (Å²) in [6.45, 7) is 0. The lowest BCUT2D eigenvalue weighted by atomic mass is 9.95. The van der Waals surface area contributed by atoms with Gasteiger partial charge in [0.15, 0.2) is 0 Å². The van der Waals surface area contributed by atoms with E-state index < -0.39 is 0 Å². The van der Waals surface area contributed by atoms with Gasteiger partial charge in [-0.05, 0) is 93.2 Å². The lowest BCUT2D eigenvalue weighted by Gasteiger charge is -2.31. The van der Waals surface area contributed by atoms with Gasteiger partial charge in [-0.25, -0.2) is 0 Å². The van der Waals surface area contributed by atoms with Crippen LogP contribution in [-0.2, 0) is 0 Å². The number of hydrogen-bond acceptors (Lipinski definition) is 2. The van der Waals surface area contributed by atoms with Crippen molar-refractivity contribution in [3.8, 4) is 39.1 Å². The van der Waals surface area contributed by atoms with Crippen molar-refractivity contribution in [2.24, 2.45) is 0 Å². The molecule has 0 fully saturated rings. The van der Waals surface area contributed by atoms with E-state index >= 15 is 0 Å². The van der Waals surface area contributed by atoms with Gasteiger partial charge in [-0.15, -0.1) is 11.3 Å². The molecule has 2 heterocycles. The Labute approximate surface area is 358 Å². The first-order valence-corrected chi connectivity index (χ1v) is 21.7. The highest BCUT2D eigenvalue weighted by molar-refractivity contribution is 7.26. The minimum atomic E-state index is 1.08. The van der Waals surface area contributed by atoms with Gasteiger partial charge in [0.25, 0.3) is 0 Å². The molecule has 0 unspecified atom stereocenters. The number of rotatable bonds is 7. The van der Waals surface area contributed by atoms with Crippen LogP contribution in [0.25, 0.3) is 91.8 Å². The number of para-hydroxylation sites is 4. The average Bonchev–Trinajstić information content (AvgIpc) is 3.88. The monoisotopic (exact) mass is 794 g/mol. The van der Waals surface area contributed by atoms with Crippen LogP contribution in [0.1, 0.15) is 0 Å². The summed E-state index contributed by atoms with van der Waals surface area (Å²) >= 11 is 1.88. The van der Waals surface area contributed by atoms with E-state index in [1.807, 2.05) is 11.3 Å². The van der Waals surface area contributed by atoms with Gasteiger partial charge in [-0.2, -0.15) is 0 Å². The zero-order valence-electron chi connectivity index (χ0n) is 33.2. The summed E-state index contributed by atoms with van der Waals surface area (Å²) < 4.78 is 5.08. The van der Waals surface area contributed by atoms with Crippen LogP contribution < -0.4 is 4.90 Å². The molecule has 0 saturated carbocycles. The zero-order chi connectivity index (χ0) is 40.3. The third-order valence-corrected chi connectivity index (χ3v) is 13.4. The molecule has 0 N–H and O–H groups in total. The van der Waals surface area contributed by atoms with Crippen LogP contribution >= 0.6 is 11.3 Å². The fraction of sp³-hybridized carbons (Fsp3) is 0. The van der Waals surface area contributed by atoms with Gasteiger partial charge in [-0.1, -0.05) is 176 Å². The largest absolute Gasteiger partial charge is 0.308 e. The summed E-state index contributed by atoms with van der Waals surface area (Å²) in [6.07, 6.45) is 0. The number of nitrogens with zero attached hydrogens (tertiary/aromatic N) is 2. The van der Waals surface area contributed by atoms with Gasteiger partial charge < -0.3 is 9.47 Å². The number of fused-ring (bicyclic) bond motifs is 7. The molecule has 2 nitrogen and oxygen atoms in total. The normalized spacial score (nSPS) is 11.6. The molecule has 0 bridgehead atoms. The number of anilines is 3. The predicted octanol–water partition coefficient (Wildman–Crippen LogP) is 16.8. The van der Waals surface area contributed by atoms with Crippen molar-refractivity contribution >= 4 is 81.1 Å². The molecule has 0 radical (unpaired) electrons. The maximum Gasteiger partial charge on any atom is 0.0702 e. The fourth-order valence-corrected chi connectivity index (χ4v) is 10.6. The van der Waals surface area contributed by atoms with Crippen LogP contribution in [0.2, 0.25) is 0 Å². The minimum absolute atomic E-state index is 1.08. The van der Waals surface area contributed by atoms with Crippen molar-refractivity contribution < 1.29 is 0 Å². The molecule has 0 saturated heterocycles. The van der Waals surface area contributed by atoms with E-state index in [9.17, 15) is 0 Å². The molecule has 0 amide bonds. The molecule has 3 heteroatoms. The lowest BCUT2D eigenvalue weighted by molar-refractivity contribution is 1.15. The number of benzene rings is 10. The smallest absolute Gasteiger partial charge is 0.0702 e. The quantitative estimate of drug-likeness (QED) is 0.156. The Balaban J connectivity index is 1.12. The number of hydrogen-bond donors (Lipinski definition) is 0. The molecule has 2 aromatic heterocycles. The van der Waals surface area contributed by atoms with Gasteiger partial charge in [0, 0.05) is 42.2 Å². The minimum Gasteiger partial charge on any atom is -0.308 e. The molecule has 0 atom stereocenters. The highest BCUT2D eigenvalue weighted by atomic mass is 32.1. The Morgan fingerprint density at radius 2 is 0.934 bits per heavy atom. The Morgan fingerprint density at radius 3 is 1.74 bits per heavy atom. The zero-order valence-corrected chi connectivity index (χ0v) is 34.1. The van der Waals surface area contributed by atoms with E-state index in [-0.39, 0.29) is 0 Å². The van der Waals surface area contributed by atoms with Crippen LogP contribution in [0.5, 0.6) is 0 Å². The topological polar surface area (TPSA) is 8.17 Å². The van der Waals surface area contributed by atoms with Crippen LogP contribution in [0.3, 0.4) is 0 Å². The van der Waals surface area contributed by atoms with Crippen LogP contribution in [-0.4, -0.2) is 4.57 Å². The van der Waals surface area contributed by atoms with Gasteiger partial charge in [0.2, 0.25) is 0 Å². The van der Waals surface area contributed by atoms with E-state index in [0.29, 0.717) is 0 Å². The molecule has 12 aromatic rings. The maximum atomic E-state index is 2.48. The second kappa shape index (κ2) is 14.5. The third kappa shape index (κ3) is 5.93. The van der Waals surface area contributed by atoms with Crippen LogP contribution in [0.4, 0.5) is 17.1 Å². The first-order valence-electron chi connectivity index (χ1n) is 20.8. The van der Waals surface area contributed by atoms with Crippen molar-refractivity contribution in [1.82, 2.24) is 4.57 Å². The number of aromatic nitrogens is 1. The van der Waals surface area contributed by atoms with Crippen LogP contribution in [0.15, 0.2) is 231 Å². The molecule has 0 aliphatic carbocycles. The number of thiophene rings is 1. The molecule has 0 aliphatic heterocycles. The van der Waals surface area contributed by atoms with Gasteiger partial charge in [0.1, 0.15) is 0 Å². The SMILES string of the molecule is c1ccc(-c2ccc(-c3ccc4ccccc4c3)cc2N(c2ccc(-c3cccc4c3sc3ccccc34)cc2)c2ccccc2-n2c3ccccc3c3ccccc32)cc1. The molecule has 61 heavy (non-hydrogen) atoms. The Bertz CT molecular complexity index is 3540. The third-order valence-electron chi connectivity index (χ3n) is 12.2. The maximum absolute atomic E-state index is 2.48. The van der Waals surface area contributed by atoms with Gasteiger partial charge >= 0.3 is 0 Å². The molecule has 10 aromatic carbocycles. The highest BCUT2D eigenvalue weighted by Crippen LogP contribution is 2.47. The Hall–Kier alpha value is -7.72. The Morgan fingerprint density at radius 1 is 0.344 bits per heavy atom.